The predicted molar refractivity (Wildman–Crippen MR) is 96.2 cm³/mol. The number of rotatable bonds is 3. The second-order valence-corrected chi connectivity index (χ2v) is 11.4. The molecule has 0 bridgehead atoms. The zero-order valence-corrected chi connectivity index (χ0v) is 14.8. The fourth-order valence-corrected chi connectivity index (χ4v) is 5.66. The van der Waals surface area contributed by atoms with Gasteiger partial charge in [-0.3, -0.25) is 0 Å². The van der Waals surface area contributed by atoms with Crippen molar-refractivity contribution in [3.8, 4) is 0 Å². The molecule has 2 aromatic rings. The van der Waals surface area contributed by atoms with Gasteiger partial charge in [-0.25, -0.2) is 4.99 Å². The molecule has 0 amide bonds. The van der Waals surface area contributed by atoms with Gasteiger partial charge in [0.15, 0.2) is 0 Å². The summed E-state index contributed by atoms with van der Waals surface area (Å²) < 4.78 is 5.90. The van der Waals surface area contributed by atoms with Crippen molar-refractivity contribution >= 4 is 24.3 Å². The molecule has 1 heterocycles. The Morgan fingerprint density at radius 3 is 2.23 bits per heavy atom. The lowest BCUT2D eigenvalue weighted by Crippen LogP contribution is -2.54. The maximum absolute atomic E-state index is 5.90. The highest BCUT2D eigenvalue weighted by atomic mass is 28.3. The van der Waals surface area contributed by atoms with Crippen molar-refractivity contribution in [1.82, 2.24) is 0 Å². The first-order chi connectivity index (χ1) is 10.4. The van der Waals surface area contributed by atoms with E-state index in [1.165, 1.54) is 10.4 Å². The van der Waals surface area contributed by atoms with Gasteiger partial charge >= 0.3 is 0 Å². The minimum Gasteiger partial charge on any atom is -0.475 e. The maximum atomic E-state index is 5.90. The van der Waals surface area contributed by atoms with Crippen LogP contribution in [0.25, 0.3) is 0 Å². The van der Waals surface area contributed by atoms with Gasteiger partial charge in [-0.05, 0) is 25.1 Å². The lowest BCUT2D eigenvalue weighted by Gasteiger charge is -2.26. The van der Waals surface area contributed by atoms with E-state index < -0.39 is 8.07 Å². The fraction of sp³-hybridized carbons (Fsp3) is 0.316. The number of hydrogen-bond donors (Lipinski definition) is 0. The van der Waals surface area contributed by atoms with Gasteiger partial charge in [-0.15, -0.1) is 0 Å². The summed E-state index contributed by atoms with van der Waals surface area (Å²) in [6, 6.07) is 19.4. The van der Waals surface area contributed by atoms with Gasteiger partial charge in [-0.2, -0.15) is 0 Å². The summed E-state index contributed by atoms with van der Waals surface area (Å²) >= 11 is 0. The SMILES string of the molecule is CC1(C)COC(c2ccccc2[Si](C)(C)c2ccccc2)=N1. The summed E-state index contributed by atoms with van der Waals surface area (Å²) in [6.07, 6.45) is 0. The molecule has 2 aromatic carbocycles. The summed E-state index contributed by atoms with van der Waals surface area (Å²) in [5.74, 6) is 0.803. The van der Waals surface area contributed by atoms with E-state index in [0.717, 1.165) is 11.5 Å². The molecule has 0 fully saturated rings. The van der Waals surface area contributed by atoms with E-state index >= 15 is 0 Å². The second kappa shape index (κ2) is 5.40. The fourth-order valence-electron chi connectivity index (χ4n) is 2.95. The smallest absolute Gasteiger partial charge is 0.216 e. The highest BCUT2D eigenvalue weighted by Crippen LogP contribution is 2.21. The van der Waals surface area contributed by atoms with E-state index in [1.807, 2.05) is 0 Å². The molecule has 1 aliphatic rings. The standard InChI is InChI=1S/C19H23NOSi/c1-19(2)14-21-18(20-19)16-12-8-9-13-17(16)22(3,4)15-10-6-5-7-11-15/h5-13H,14H2,1-4H3. The Morgan fingerprint density at radius 1 is 0.955 bits per heavy atom. The van der Waals surface area contributed by atoms with Crippen LogP contribution in [0.5, 0.6) is 0 Å². The van der Waals surface area contributed by atoms with E-state index in [2.05, 4.69) is 81.5 Å². The van der Waals surface area contributed by atoms with Gasteiger partial charge in [0.05, 0.1) is 5.54 Å². The third kappa shape index (κ3) is 2.73. The van der Waals surface area contributed by atoms with E-state index in [0.29, 0.717) is 6.61 Å². The molecule has 2 nitrogen and oxygen atoms in total. The van der Waals surface area contributed by atoms with Crippen molar-refractivity contribution < 1.29 is 4.74 Å². The minimum atomic E-state index is -1.77. The van der Waals surface area contributed by atoms with Crippen LogP contribution in [0.4, 0.5) is 0 Å². The van der Waals surface area contributed by atoms with Crippen molar-refractivity contribution in [2.45, 2.75) is 32.5 Å². The number of aliphatic imine (C=N–C) groups is 1. The molecule has 0 spiro atoms. The zero-order chi connectivity index (χ0) is 15.8. The molecule has 0 unspecified atom stereocenters. The molecule has 1 aliphatic heterocycles. The maximum Gasteiger partial charge on any atom is 0.216 e. The molecule has 114 valence electrons. The van der Waals surface area contributed by atoms with Gasteiger partial charge in [0.2, 0.25) is 5.90 Å². The van der Waals surface area contributed by atoms with Crippen molar-refractivity contribution in [2.75, 3.05) is 6.61 Å². The minimum absolute atomic E-state index is 0.124. The van der Waals surface area contributed by atoms with Crippen LogP contribution in [0.15, 0.2) is 59.6 Å². The van der Waals surface area contributed by atoms with Crippen LogP contribution >= 0.6 is 0 Å². The topological polar surface area (TPSA) is 21.6 Å². The average molecular weight is 309 g/mol. The van der Waals surface area contributed by atoms with E-state index in [1.54, 1.807) is 0 Å². The van der Waals surface area contributed by atoms with Gasteiger partial charge in [0.1, 0.15) is 14.7 Å². The van der Waals surface area contributed by atoms with Crippen LogP contribution in [0.2, 0.25) is 13.1 Å². The molecule has 0 aliphatic carbocycles. The Labute approximate surface area is 133 Å². The summed E-state index contributed by atoms with van der Waals surface area (Å²) in [4.78, 5) is 4.78. The Balaban J connectivity index is 2.10. The number of benzene rings is 2. The van der Waals surface area contributed by atoms with Crippen LogP contribution < -0.4 is 10.4 Å². The number of ether oxygens (including phenoxy) is 1. The van der Waals surface area contributed by atoms with Gasteiger partial charge in [-0.1, -0.05) is 66.8 Å². The van der Waals surface area contributed by atoms with Crippen molar-refractivity contribution in [3.05, 3.63) is 60.2 Å². The highest BCUT2D eigenvalue weighted by Gasteiger charge is 2.33. The van der Waals surface area contributed by atoms with E-state index in [9.17, 15) is 0 Å². The largest absolute Gasteiger partial charge is 0.475 e. The lowest BCUT2D eigenvalue weighted by atomic mass is 10.1. The first-order valence-electron chi connectivity index (χ1n) is 7.78. The summed E-state index contributed by atoms with van der Waals surface area (Å²) in [5, 5.41) is 2.82. The Hall–Kier alpha value is -1.87. The summed E-state index contributed by atoms with van der Waals surface area (Å²) in [6.45, 7) is 9.67. The first kappa shape index (κ1) is 15.0. The first-order valence-corrected chi connectivity index (χ1v) is 10.8. The van der Waals surface area contributed by atoms with E-state index in [-0.39, 0.29) is 5.54 Å². The van der Waals surface area contributed by atoms with Crippen LogP contribution in [0, 0.1) is 0 Å². The second-order valence-electron chi connectivity index (χ2n) is 7.05. The molecule has 0 N–H and O–H groups in total. The molecule has 0 atom stereocenters. The molecule has 0 aromatic heterocycles. The molecule has 3 rings (SSSR count). The number of nitrogens with zero attached hydrogens (tertiary/aromatic N) is 1. The third-order valence-corrected chi connectivity index (χ3v) is 7.85. The van der Waals surface area contributed by atoms with Crippen molar-refractivity contribution in [1.29, 1.82) is 0 Å². The highest BCUT2D eigenvalue weighted by molar-refractivity contribution is 7.01. The summed E-state index contributed by atoms with van der Waals surface area (Å²) in [7, 11) is -1.77. The normalized spacial score (nSPS) is 17.0. The Morgan fingerprint density at radius 2 is 1.59 bits per heavy atom. The molecule has 0 saturated carbocycles. The van der Waals surface area contributed by atoms with Crippen LogP contribution in [0.3, 0.4) is 0 Å². The quantitative estimate of drug-likeness (QED) is 0.799. The third-order valence-electron chi connectivity index (χ3n) is 4.29. The predicted octanol–water partition coefficient (Wildman–Crippen LogP) is 3.06. The zero-order valence-electron chi connectivity index (χ0n) is 13.8. The van der Waals surface area contributed by atoms with Gasteiger partial charge < -0.3 is 4.74 Å². The summed E-state index contributed by atoms with van der Waals surface area (Å²) in [5.41, 5.74) is 1.04. The van der Waals surface area contributed by atoms with Gasteiger partial charge in [0.25, 0.3) is 0 Å². The van der Waals surface area contributed by atoms with E-state index in [4.69, 9.17) is 9.73 Å². The van der Waals surface area contributed by atoms with Crippen LogP contribution in [0.1, 0.15) is 19.4 Å². The average Bonchev–Trinajstić information content (AvgIpc) is 2.88. The molecular weight excluding hydrogens is 286 g/mol. The van der Waals surface area contributed by atoms with Gasteiger partial charge in [0, 0.05) is 5.56 Å². The monoisotopic (exact) mass is 309 g/mol. The van der Waals surface area contributed by atoms with Crippen molar-refractivity contribution in [2.24, 2.45) is 4.99 Å². The molecule has 0 saturated heterocycles. The Bertz CT molecular complexity index is 704. The molecule has 3 heteroatoms. The lowest BCUT2D eigenvalue weighted by molar-refractivity contribution is 0.279. The number of hydrogen-bond acceptors (Lipinski definition) is 2. The van der Waals surface area contributed by atoms with Crippen LogP contribution in [-0.2, 0) is 4.74 Å². The molecule has 22 heavy (non-hydrogen) atoms. The Kier molecular flexibility index (Phi) is 3.69. The van der Waals surface area contributed by atoms with Crippen molar-refractivity contribution in [3.63, 3.8) is 0 Å². The molecular formula is C19H23NOSi. The molecule has 0 radical (unpaired) electrons. The van der Waals surface area contributed by atoms with Crippen LogP contribution in [-0.4, -0.2) is 26.1 Å².